The number of nitrogens with zero attached hydrogens (tertiary/aromatic N) is 2. The van der Waals surface area contributed by atoms with Crippen molar-refractivity contribution >= 4 is 60.5 Å². The number of nitriles is 1. The molecule has 168 valence electrons. The van der Waals surface area contributed by atoms with Gasteiger partial charge in [0.05, 0.1) is 17.3 Å². The smallest absolute Gasteiger partial charge is 0.138 e. The maximum Gasteiger partial charge on any atom is 0.138 e. The highest BCUT2D eigenvalue weighted by Crippen LogP contribution is 2.45. The monoisotopic (exact) mass is 460 g/mol. The number of rotatable bonds is 3. The van der Waals surface area contributed by atoms with Crippen molar-refractivity contribution < 1.29 is 4.42 Å². The van der Waals surface area contributed by atoms with Crippen molar-refractivity contribution in [2.45, 2.75) is 0 Å². The van der Waals surface area contributed by atoms with E-state index in [0.29, 0.717) is 5.56 Å². The van der Waals surface area contributed by atoms with Gasteiger partial charge in [-0.15, -0.1) is 0 Å². The average molecular weight is 461 g/mol. The van der Waals surface area contributed by atoms with Gasteiger partial charge in [0.1, 0.15) is 11.2 Å². The normalized spacial score (nSPS) is 11.3. The zero-order chi connectivity index (χ0) is 24.1. The number of benzene rings is 6. The molecule has 0 spiro atoms. The van der Waals surface area contributed by atoms with E-state index in [4.69, 9.17) is 4.42 Å². The first-order valence-electron chi connectivity index (χ1n) is 11.9. The third kappa shape index (κ3) is 3.06. The van der Waals surface area contributed by atoms with Crippen LogP contribution in [0.4, 0.5) is 17.1 Å². The van der Waals surface area contributed by atoms with Gasteiger partial charge in [0.25, 0.3) is 0 Å². The molecule has 0 fully saturated rings. The van der Waals surface area contributed by atoms with Crippen LogP contribution in [0.3, 0.4) is 0 Å². The first-order chi connectivity index (χ1) is 17.8. The Morgan fingerprint density at radius 1 is 0.556 bits per heavy atom. The van der Waals surface area contributed by atoms with Crippen LogP contribution in [0.5, 0.6) is 0 Å². The molecule has 0 aliphatic heterocycles. The molecular formula is C33H20N2O. The maximum absolute atomic E-state index is 9.33. The molecule has 7 rings (SSSR count). The minimum Gasteiger partial charge on any atom is -0.456 e. The molecule has 0 saturated carbocycles. The van der Waals surface area contributed by atoms with Gasteiger partial charge in [0, 0.05) is 33.6 Å². The van der Waals surface area contributed by atoms with Crippen LogP contribution < -0.4 is 4.90 Å². The lowest BCUT2D eigenvalue weighted by Gasteiger charge is -2.27. The molecule has 0 aliphatic carbocycles. The van der Waals surface area contributed by atoms with Crippen molar-refractivity contribution in [1.29, 1.82) is 5.26 Å². The maximum atomic E-state index is 9.33. The fourth-order valence-corrected chi connectivity index (χ4v) is 5.26. The number of para-hydroxylation sites is 1. The summed E-state index contributed by atoms with van der Waals surface area (Å²) in [7, 11) is 0. The Hall–Kier alpha value is -5.07. The summed E-state index contributed by atoms with van der Waals surface area (Å²) in [5, 5.41) is 16.3. The van der Waals surface area contributed by atoms with Gasteiger partial charge in [0.15, 0.2) is 0 Å². The summed E-state index contributed by atoms with van der Waals surface area (Å²) in [6.07, 6.45) is 0. The van der Waals surface area contributed by atoms with E-state index >= 15 is 0 Å². The van der Waals surface area contributed by atoms with Gasteiger partial charge in [-0.1, -0.05) is 72.8 Å². The van der Waals surface area contributed by atoms with Crippen molar-refractivity contribution in [3.8, 4) is 6.07 Å². The second-order valence-electron chi connectivity index (χ2n) is 8.91. The Morgan fingerprint density at radius 2 is 1.19 bits per heavy atom. The summed E-state index contributed by atoms with van der Waals surface area (Å²) < 4.78 is 6.50. The number of fused-ring (bicyclic) bond motifs is 7. The Labute approximate surface area is 208 Å². The van der Waals surface area contributed by atoms with Gasteiger partial charge in [-0.2, -0.15) is 5.26 Å². The van der Waals surface area contributed by atoms with E-state index < -0.39 is 0 Å². The lowest BCUT2D eigenvalue weighted by atomic mass is 9.98. The summed E-state index contributed by atoms with van der Waals surface area (Å²) in [5.41, 5.74) is 5.41. The van der Waals surface area contributed by atoms with Crippen LogP contribution in [-0.4, -0.2) is 0 Å². The second kappa shape index (κ2) is 8.01. The number of hydrogen-bond donors (Lipinski definition) is 0. The highest BCUT2D eigenvalue weighted by molar-refractivity contribution is 6.28. The minimum atomic E-state index is 0.635. The molecule has 0 atom stereocenters. The molecule has 3 nitrogen and oxygen atoms in total. The molecule has 1 heterocycles. The summed E-state index contributed by atoms with van der Waals surface area (Å²) in [4.78, 5) is 2.23. The predicted molar refractivity (Wildman–Crippen MR) is 148 cm³/mol. The molecular weight excluding hydrogens is 440 g/mol. The van der Waals surface area contributed by atoms with Gasteiger partial charge >= 0.3 is 0 Å². The first-order valence-corrected chi connectivity index (χ1v) is 11.9. The number of furan rings is 1. The molecule has 3 heteroatoms. The average Bonchev–Trinajstić information content (AvgIpc) is 3.33. The largest absolute Gasteiger partial charge is 0.456 e. The molecule has 7 aromatic rings. The fraction of sp³-hybridized carbons (Fsp3) is 0. The zero-order valence-corrected chi connectivity index (χ0v) is 19.3. The highest BCUT2D eigenvalue weighted by Gasteiger charge is 2.20. The lowest BCUT2D eigenvalue weighted by molar-refractivity contribution is 0.669. The second-order valence-corrected chi connectivity index (χ2v) is 8.91. The third-order valence-corrected chi connectivity index (χ3v) is 6.86. The van der Waals surface area contributed by atoms with Crippen molar-refractivity contribution in [3.63, 3.8) is 0 Å². The third-order valence-electron chi connectivity index (χ3n) is 6.86. The topological polar surface area (TPSA) is 40.2 Å². The van der Waals surface area contributed by atoms with E-state index in [2.05, 4.69) is 89.8 Å². The van der Waals surface area contributed by atoms with Crippen molar-refractivity contribution in [2.24, 2.45) is 0 Å². The molecule has 0 bridgehead atoms. The Balaban J connectivity index is 1.60. The SMILES string of the molecule is N#Cc1ccc(N(c2ccccc2)c2cc3oc4ccc5ccccc5c4c3c3ccccc23)cc1. The minimum absolute atomic E-state index is 0.635. The van der Waals surface area contributed by atoms with Gasteiger partial charge < -0.3 is 9.32 Å². The molecule has 1 aromatic heterocycles. The molecule has 6 aromatic carbocycles. The summed E-state index contributed by atoms with van der Waals surface area (Å²) in [6.45, 7) is 0. The van der Waals surface area contributed by atoms with Gasteiger partial charge in [-0.25, -0.2) is 0 Å². The van der Waals surface area contributed by atoms with Crippen LogP contribution in [0, 0.1) is 11.3 Å². The quantitative estimate of drug-likeness (QED) is 0.264. The molecule has 0 N–H and O–H groups in total. The summed E-state index contributed by atoms with van der Waals surface area (Å²) >= 11 is 0. The van der Waals surface area contributed by atoms with Crippen LogP contribution in [0.1, 0.15) is 5.56 Å². The fourth-order valence-electron chi connectivity index (χ4n) is 5.26. The van der Waals surface area contributed by atoms with E-state index in [9.17, 15) is 5.26 Å². The molecule has 0 amide bonds. The number of hydrogen-bond acceptors (Lipinski definition) is 3. The van der Waals surface area contributed by atoms with Crippen molar-refractivity contribution in [1.82, 2.24) is 0 Å². The Morgan fingerprint density at radius 3 is 1.97 bits per heavy atom. The first kappa shape index (κ1) is 20.3. The predicted octanol–water partition coefficient (Wildman–Crippen LogP) is 9.23. The van der Waals surface area contributed by atoms with E-state index in [1.807, 2.05) is 42.5 Å². The molecule has 0 aliphatic rings. The van der Waals surface area contributed by atoms with Crippen molar-refractivity contribution in [3.05, 3.63) is 127 Å². The highest BCUT2D eigenvalue weighted by atomic mass is 16.3. The van der Waals surface area contributed by atoms with Crippen LogP contribution in [-0.2, 0) is 0 Å². The summed E-state index contributed by atoms with van der Waals surface area (Å²) in [5.74, 6) is 0. The van der Waals surface area contributed by atoms with E-state index in [-0.39, 0.29) is 0 Å². The van der Waals surface area contributed by atoms with Gasteiger partial charge in [0.2, 0.25) is 0 Å². The van der Waals surface area contributed by atoms with E-state index in [1.165, 1.54) is 10.8 Å². The summed E-state index contributed by atoms with van der Waals surface area (Å²) in [6, 6.07) is 43.6. The van der Waals surface area contributed by atoms with E-state index in [1.54, 1.807) is 0 Å². The van der Waals surface area contributed by atoms with Gasteiger partial charge in [-0.05, 0) is 58.6 Å². The lowest BCUT2D eigenvalue weighted by Crippen LogP contribution is -2.10. The van der Waals surface area contributed by atoms with Crippen LogP contribution in [0.2, 0.25) is 0 Å². The molecule has 0 radical (unpaired) electrons. The van der Waals surface area contributed by atoms with Crippen LogP contribution in [0.25, 0.3) is 43.5 Å². The Bertz CT molecular complexity index is 1940. The molecule has 36 heavy (non-hydrogen) atoms. The Kier molecular flexibility index (Phi) is 4.52. The number of anilines is 3. The molecule has 0 unspecified atom stereocenters. The van der Waals surface area contributed by atoms with Crippen LogP contribution in [0.15, 0.2) is 126 Å². The standard InChI is InChI=1S/C33H20N2O/c34-21-22-14-17-25(18-15-22)35(24-9-2-1-3-10-24)29-20-31-33(28-13-7-6-12-27(28)29)32-26-11-5-4-8-23(26)16-19-30(32)36-31/h1-20H. The van der Waals surface area contributed by atoms with Crippen LogP contribution >= 0.6 is 0 Å². The zero-order valence-electron chi connectivity index (χ0n) is 19.3. The van der Waals surface area contributed by atoms with Crippen molar-refractivity contribution in [2.75, 3.05) is 4.90 Å². The van der Waals surface area contributed by atoms with E-state index in [0.717, 1.165) is 49.8 Å². The molecule has 0 saturated heterocycles. The van der Waals surface area contributed by atoms with Gasteiger partial charge in [-0.3, -0.25) is 0 Å².